The lowest BCUT2D eigenvalue weighted by Crippen LogP contribution is -2.04. The van der Waals surface area contributed by atoms with Crippen molar-refractivity contribution in [2.45, 2.75) is 13.1 Å². The first kappa shape index (κ1) is 15.5. The molecule has 0 saturated heterocycles. The highest BCUT2D eigenvalue weighted by Gasteiger charge is 2.07. The SMILES string of the molecule is COc1ccc(OC)c(CNc2cc3sc(CN)cc3nn2)c1. The van der Waals surface area contributed by atoms with E-state index >= 15 is 0 Å². The highest BCUT2D eigenvalue weighted by atomic mass is 32.1. The maximum absolute atomic E-state index is 5.67. The number of hydrogen-bond acceptors (Lipinski definition) is 7. The number of anilines is 1. The monoisotopic (exact) mass is 330 g/mol. The molecule has 0 saturated carbocycles. The standard InChI is InChI=1S/C16H18N4O2S/c1-21-11-3-4-14(22-2)10(5-11)9-18-16-7-15-13(19-20-16)6-12(8-17)23-15/h3-7H,8-9,17H2,1-2H3,(H,18,20). The predicted molar refractivity (Wildman–Crippen MR) is 92.2 cm³/mol. The molecule has 2 aromatic heterocycles. The van der Waals surface area contributed by atoms with Gasteiger partial charge in [0.2, 0.25) is 0 Å². The van der Waals surface area contributed by atoms with Crippen LogP contribution in [0.2, 0.25) is 0 Å². The van der Waals surface area contributed by atoms with Gasteiger partial charge in [-0.1, -0.05) is 0 Å². The fraction of sp³-hybridized carbons (Fsp3) is 0.250. The quantitative estimate of drug-likeness (QED) is 0.723. The van der Waals surface area contributed by atoms with Crippen molar-refractivity contribution in [2.24, 2.45) is 5.73 Å². The molecule has 0 amide bonds. The van der Waals surface area contributed by atoms with Crippen LogP contribution in [0.25, 0.3) is 10.2 Å². The lowest BCUT2D eigenvalue weighted by atomic mass is 10.2. The van der Waals surface area contributed by atoms with Crippen molar-refractivity contribution in [3.8, 4) is 11.5 Å². The molecule has 120 valence electrons. The topological polar surface area (TPSA) is 82.3 Å². The third-order valence-corrected chi connectivity index (χ3v) is 4.57. The molecular weight excluding hydrogens is 312 g/mol. The van der Waals surface area contributed by atoms with Gasteiger partial charge in [-0.2, -0.15) is 0 Å². The molecule has 2 heterocycles. The van der Waals surface area contributed by atoms with Crippen molar-refractivity contribution in [1.82, 2.24) is 10.2 Å². The number of fused-ring (bicyclic) bond motifs is 1. The number of rotatable bonds is 6. The summed E-state index contributed by atoms with van der Waals surface area (Å²) in [6, 6.07) is 9.65. The zero-order chi connectivity index (χ0) is 16.2. The van der Waals surface area contributed by atoms with Gasteiger partial charge in [0.05, 0.1) is 18.9 Å². The van der Waals surface area contributed by atoms with Gasteiger partial charge in [-0.25, -0.2) is 0 Å². The van der Waals surface area contributed by atoms with E-state index in [0.717, 1.165) is 32.2 Å². The van der Waals surface area contributed by atoms with Gasteiger partial charge in [-0.15, -0.1) is 21.5 Å². The maximum Gasteiger partial charge on any atom is 0.150 e. The van der Waals surface area contributed by atoms with E-state index in [2.05, 4.69) is 15.5 Å². The summed E-state index contributed by atoms with van der Waals surface area (Å²) in [6.07, 6.45) is 0. The molecule has 0 bridgehead atoms. The molecular formula is C16H18N4O2S. The zero-order valence-electron chi connectivity index (χ0n) is 13.0. The molecule has 3 N–H and O–H groups in total. The number of nitrogens with zero attached hydrogens (tertiary/aromatic N) is 2. The Kier molecular flexibility index (Phi) is 4.59. The molecule has 0 fully saturated rings. The van der Waals surface area contributed by atoms with Gasteiger partial charge in [0.25, 0.3) is 0 Å². The fourth-order valence-electron chi connectivity index (χ4n) is 2.28. The Balaban J connectivity index is 1.80. The van der Waals surface area contributed by atoms with Gasteiger partial charge in [-0.3, -0.25) is 0 Å². The van der Waals surface area contributed by atoms with Gasteiger partial charge in [0.15, 0.2) is 0 Å². The van der Waals surface area contributed by atoms with Crippen LogP contribution in [0.4, 0.5) is 5.82 Å². The molecule has 3 aromatic rings. The molecule has 6 nitrogen and oxygen atoms in total. The molecule has 3 rings (SSSR count). The summed E-state index contributed by atoms with van der Waals surface area (Å²) in [5, 5.41) is 11.7. The minimum absolute atomic E-state index is 0.519. The van der Waals surface area contributed by atoms with Crippen LogP contribution in [-0.4, -0.2) is 24.4 Å². The zero-order valence-corrected chi connectivity index (χ0v) is 13.8. The molecule has 7 heteroatoms. The Morgan fingerprint density at radius 2 is 2.00 bits per heavy atom. The van der Waals surface area contributed by atoms with E-state index in [1.54, 1.807) is 25.6 Å². The summed E-state index contributed by atoms with van der Waals surface area (Å²) in [4.78, 5) is 1.10. The number of methoxy groups -OCH3 is 2. The normalized spacial score (nSPS) is 10.7. The number of ether oxygens (including phenoxy) is 2. The first-order valence-corrected chi connectivity index (χ1v) is 7.96. The number of hydrogen-bond donors (Lipinski definition) is 2. The third kappa shape index (κ3) is 3.35. The molecule has 0 spiro atoms. The Morgan fingerprint density at radius 3 is 2.74 bits per heavy atom. The average molecular weight is 330 g/mol. The number of thiophene rings is 1. The van der Waals surface area contributed by atoms with E-state index in [0.29, 0.717) is 18.9 Å². The second-order valence-corrected chi connectivity index (χ2v) is 6.10. The number of nitrogens with two attached hydrogens (primary N) is 1. The summed E-state index contributed by atoms with van der Waals surface area (Å²) < 4.78 is 11.7. The Labute approximate surface area is 138 Å². The van der Waals surface area contributed by atoms with E-state index in [1.807, 2.05) is 30.3 Å². The molecule has 0 aliphatic heterocycles. The highest BCUT2D eigenvalue weighted by molar-refractivity contribution is 7.19. The van der Waals surface area contributed by atoms with Gasteiger partial charge in [0.1, 0.15) is 22.8 Å². The van der Waals surface area contributed by atoms with Crippen LogP contribution in [0, 0.1) is 0 Å². The largest absolute Gasteiger partial charge is 0.497 e. The summed E-state index contributed by atoms with van der Waals surface area (Å²) in [6.45, 7) is 1.08. The van der Waals surface area contributed by atoms with E-state index in [9.17, 15) is 0 Å². The Morgan fingerprint density at radius 1 is 1.13 bits per heavy atom. The van der Waals surface area contributed by atoms with E-state index in [4.69, 9.17) is 15.2 Å². The smallest absolute Gasteiger partial charge is 0.150 e. The van der Waals surface area contributed by atoms with Gasteiger partial charge in [0, 0.05) is 29.6 Å². The van der Waals surface area contributed by atoms with Crippen molar-refractivity contribution < 1.29 is 9.47 Å². The van der Waals surface area contributed by atoms with Gasteiger partial charge in [-0.05, 0) is 24.3 Å². The lowest BCUT2D eigenvalue weighted by molar-refractivity contribution is 0.399. The summed E-state index contributed by atoms with van der Waals surface area (Å²) in [5.41, 5.74) is 7.53. The van der Waals surface area contributed by atoms with Crippen LogP contribution in [0.15, 0.2) is 30.3 Å². The van der Waals surface area contributed by atoms with E-state index in [-0.39, 0.29) is 0 Å². The van der Waals surface area contributed by atoms with Crippen molar-refractivity contribution >= 4 is 27.4 Å². The molecule has 0 aliphatic rings. The molecule has 0 unspecified atom stereocenters. The average Bonchev–Trinajstić information content (AvgIpc) is 3.02. The van der Waals surface area contributed by atoms with Crippen LogP contribution in [0.3, 0.4) is 0 Å². The summed E-state index contributed by atoms with van der Waals surface area (Å²) >= 11 is 1.63. The Hall–Kier alpha value is -2.38. The highest BCUT2D eigenvalue weighted by Crippen LogP contribution is 2.27. The summed E-state index contributed by atoms with van der Waals surface area (Å²) in [7, 11) is 3.29. The van der Waals surface area contributed by atoms with Crippen molar-refractivity contribution in [3.63, 3.8) is 0 Å². The molecule has 0 aliphatic carbocycles. The van der Waals surface area contributed by atoms with Crippen molar-refractivity contribution in [1.29, 1.82) is 0 Å². The van der Waals surface area contributed by atoms with Crippen molar-refractivity contribution in [2.75, 3.05) is 19.5 Å². The van der Waals surface area contributed by atoms with E-state index < -0.39 is 0 Å². The van der Waals surface area contributed by atoms with Gasteiger partial charge >= 0.3 is 0 Å². The minimum atomic E-state index is 0.519. The van der Waals surface area contributed by atoms with Crippen LogP contribution in [-0.2, 0) is 13.1 Å². The minimum Gasteiger partial charge on any atom is -0.497 e. The maximum atomic E-state index is 5.67. The van der Waals surface area contributed by atoms with Crippen molar-refractivity contribution in [3.05, 3.63) is 40.8 Å². The first-order valence-electron chi connectivity index (χ1n) is 7.14. The van der Waals surface area contributed by atoms with Gasteiger partial charge < -0.3 is 20.5 Å². The third-order valence-electron chi connectivity index (χ3n) is 3.47. The Bertz CT molecular complexity index is 819. The fourth-order valence-corrected chi connectivity index (χ4v) is 3.19. The number of aromatic nitrogens is 2. The van der Waals surface area contributed by atoms with Crippen LogP contribution < -0.4 is 20.5 Å². The van der Waals surface area contributed by atoms with Crippen LogP contribution in [0.5, 0.6) is 11.5 Å². The van der Waals surface area contributed by atoms with E-state index in [1.165, 1.54) is 0 Å². The molecule has 0 radical (unpaired) electrons. The molecule has 23 heavy (non-hydrogen) atoms. The second kappa shape index (κ2) is 6.80. The number of nitrogens with one attached hydrogen (secondary N) is 1. The van der Waals surface area contributed by atoms with Crippen LogP contribution >= 0.6 is 11.3 Å². The second-order valence-electron chi connectivity index (χ2n) is 4.93. The van der Waals surface area contributed by atoms with Crippen LogP contribution in [0.1, 0.15) is 10.4 Å². The lowest BCUT2D eigenvalue weighted by Gasteiger charge is -2.11. The number of benzene rings is 1. The molecule has 0 atom stereocenters. The summed E-state index contributed by atoms with van der Waals surface area (Å²) in [5.74, 6) is 2.30. The first-order chi connectivity index (χ1) is 11.2. The predicted octanol–water partition coefficient (Wildman–Crippen LogP) is 2.78. The molecule has 1 aromatic carbocycles.